The highest BCUT2D eigenvalue weighted by Crippen LogP contribution is 2.37. The Bertz CT molecular complexity index is 563. The lowest BCUT2D eigenvalue weighted by Crippen LogP contribution is -1.96. The van der Waals surface area contributed by atoms with Crippen LogP contribution in [0.25, 0.3) is 11.3 Å². The molecule has 1 aromatic carbocycles. The van der Waals surface area contributed by atoms with Gasteiger partial charge in [-0.05, 0) is 18.1 Å². The van der Waals surface area contributed by atoms with E-state index in [0.29, 0.717) is 16.8 Å². The number of anilines is 1. The fourth-order valence-corrected chi connectivity index (χ4v) is 2.39. The van der Waals surface area contributed by atoms with Crippen LogP contribution < -0.4 is 10.5 Å². The molecule has 0 saturated carbocycles. The fourth-order valence-electron chi connectivity index (χ4n) is 1.96. The second kappa shape index (κ2) is 4.90. The quantitative estimate of drug-likeness (QED) is 0.893. The maximum Gasteiger partial charge on any atom is 0.145 e. The summed E-state index contributed by atoms with van der Waals surface area (Å²) in [6.07, 6.45) is 0. The minimum atomic E-state index is 0.299. The number of halogens is 1. The van der Waals surface area contributed by atoms with Gasteiger partial charge < -0.3 is 10.5 Å². The number of methoxy groups -OCH3 is 1. The average molecular weight is 266 g/mol. The fraction of sp³-hybridized carbons (Fsp3) is 0.308. The predicted molar refractivity (Wildman–Crippen MR) is 74.1 cm³/mol. The molecule has 0 radical (unpaired) electrons. The molecule has 0 bridgehead atoms. The van der Waals surface area contributed by atoms with Crippen LogP contribution >= 0.6 is 11.6 Å². The smallest absolute Gasteiger partial charge is 0.145 e. The molecule has 1 heterocycles. The van der Waals surface area contributed by atoms with Crippen molar-refractivity contribution in [3.05, 3.63) is 28.8 Å². The summed E-state index contributed by atoms with van der Waals surface area (Å²) < 4.78 is 5.41. The molecular weight excluding hydrogens is 250 g/mol. The molecule has 2 rings (SSSR count). The van der Waals surface area contributed by atoms with Crippen LogP contribution in [0.1, 0.15) is 25.3 Å². The zero-order valence-corrected chi connectivity index (χ0v) is 11.4. The van der Waals surface area contributed by atoms with Gasteiger partial charge in [-0.2, -0.15) is 5.10 Å². The molecule has 1 aromatic heterocycles. The SMILES string of the molecule is COc1cc(-c2cc(N)n[nH]2)cc(Cl)c1C(C)C. The van der Waals surface area contributed by atoms with E-state index in [2.05, 4.69) is 24.0 Å². The van der Waals surface area contributed by atoms with Crippen LogP contribution in [0, 0.1) is 0 Å². The highest BCUT2D eigenvalue weighted by Gasteiger charge is 2.15. The Morgan fingerprint density at radius 2 is 2.06 bits per heavy atom. The van der Waals surface area contributed by atoms with Gasteiger partial charge in [0, 0.05) is 22.2 Å². The largest absolute Gasteiger partial charge is 0.496 e. The standard InChI is InChI=1S/C13H16ClN3O/c1-7(2)13-9(14)4-8(5-11(13)18-3)10-6-12(15)17-16-10/h4-7H,1-3H3,(H3,15,16,17). The molecule has 18 heavy (non-hydrogen) atoms. The molecule has 3 N–H and O–H groups in total. The first-order valence-electron chi connectivity index (χ1n) is 5.71. The van der Waals surface area contributed by atoms with Crippen molar-refractivity contribution in [2.75, 3.05) is 12.8 Å². The van der Waals surface area contributed by atoms with Gasteiger partial charge in [-0.15, -0.1) is 0 Å². The predicted octanol–water partition coefficient (Wildman–Crippen LogP) is 3.44. The van der Waals surface area contributed by atoms with Crippen molar-refractivity contribution in [2.24, 2.45) is 0 Å². The van der Waals surface area contributed by atoms with Gasteiger partial charge in [-0.3, -0.25) is 5.10 Å². The highest BCUT2D eigenvalue weighted by molar-refractivity contribution is 6.32. The topological polar surface area (TPSA) is 63.9 Å². The Morgan fingerprint density at radius 1 is 1.33 bits per heavy atom. The molecule has 0 spiro atoms. The molecule has 4 nitrogen and oxygen atoms in total. The number of benzene rings is 1. The third kappa shape index (κ3) is 2.29. The summed E-state index contributed by atoms with van der Waals surface area (Å²) in [5.41, 5.74) is 8.34. The lowest BCUT2D eigenvalue weighted by molar-refractivity contribution is 0.408. The van der Waals surface area contributed by atoms with Crippen molar-refractivity contribution < 1.29 is 4.74 Å². The highest BCUT2D eigenvalue weighted by atomic mass is 35.5. The number of aromatic amines is 1. The van der Waals surface area contributed by atoms with Gasteiger partial charge in [0.2, 0.25) is 0 Å². The molecule has 2 aromatic rings. The van der Waals surface area contributed by atoms with E-state index in [9.17, 15) is 0 Å². The Kier molecular flexibility index (Phi) is 3.48. The summed E-state index contributed by atoms with van der Waals surface area (Å²) in [5, 5.41) is 7.45. The summed E-state index contributed by atoms with van der Waals surface area (Å²) in [6.45, 7) is 4.16. The van der Waals surface area contributed by atoms with E-state index in [0.717, 1.165) is 22.6 Å². The number of hydrogen-bond acceptors (Lipinski definition) is 3. The summed E-state index contributed by atoms with van der Waals surface area (Å²) in [7, 11) is 1.64. The van der Waals surface area contributed by atoms with E-state index in [1.54, 1.807) is 13.2 Å². The summed E-state index contributed by atoms with van der Waals surface area (Å²) in [6, 6.07) is 5.60. The molecule has 0 aliphatic rings. The number of nitrogens with two attached hydrogens (primary N) is 1. The second-order valence-corrected chi connectivity index (χ2v) is 4.84. The second-order valence-electron chi connectivity index (χ2n) is 4.44. The molecule has 0 aliphatic carbocycles. The summed E-state index contributed by atoms with van der Waals surface area (Å²) in [5.74, 6) is 1.53. The number of aromatic nitrogens is 2. The van der Waals surface area contributed by atoms with E-state index in [-0.39, 0.29) is 0 Å². The van der Waals surface area contributed by atoms with Crippen molar-refractivity contribution in [3.8, 4) is 17.0 Å². The maximum atomic E-state index is 6.32. The zero-order valence-electron chi connectivity index (χ0n) is 10.6. The van der Waals surface area contributed by atoms with Crippen molar-refractivity contribution >= 4 is 17.4 Å². The van der Waals surface area contributed by atoms with E-state index in [1.165, 1.54) is 0 Å². The van der Waals surface area contributed by atoms with Crippen molar-refractivity contribution in [1.82, 2.24) is 10.2 Å². The number of rotatable bonds is 3. The number of nitrogens with zero attached hydrogens (tertiary/aromatic N) is 1. The van der Waals surface area contributed by atoms with Crippen LogP contribution in [-0.4, -0.2) is 17.3 Å². The van der Waals surface area contributed by atoms with Crippen LogP contribution in [0.4, 0.5) is 5.82 Å². The molecular formula is C13H16ClN3O. The molecule has 0 unspecified atom stereocenters. The number of H-pyrrole nitrogens is 1. The third-order valence-corrected chi connectivity index (χ3v) is 3.11. The van der Waals surface area contributed by atoms with E-state index >= 15 is 0 Å². The number of nitrogens with one attached hydrogen (secondary N) is 1. The first kappa shape index (κ1) is 12.8. The van der Waals surface area contributed by atoms with Gasteiger partial charge in [-0.1, -0.05) is 25.4 Å². The summed E-state index contributed by atoms with van der Waals surface area (Å²) in [4.78, 5) is 0. The molecule has 0 aliphatic heterocycles. The lowest BCUT2D eigenvalue weighted by atomic mass is 9.99. The van der Waals surface area contributed by atoms with Crippen LogP contribution in [0.2, 0.25) is 5.02 Å². The maximum absolute atomic E-state index is 6.32. The minimum absolute atomic E-state index is 0.299. The van der Waals surface area contributed by atoms with Crippen LogP contribution in [-0.2, 0) is 0 Å². The Balaban J connectivity index is 2.55. The molecule has 0 saturated heterocycles. The number of nitrogen functional groups attached to an aromatic ring is 1. The Labute approximate surface area is 111 Å². The number of hydrogen-bond donors (Lipinski definition) is 2. The third-order valence-electron chi connectivity index (χ3n) is 2.80. The van der Waals surface area contributed by atoms with E-state index < -0.39 is 0 Å². The molecule has 96 valence electrons. The Hall–Kier alpha value is -1.68. The normalized spacial score (nSPS) is 10.9. The monoisotopic (exact) mass is 265 g/mol. The molecule has 0 atom stereocenters. The van der Waals surface area contributed by atoms with Crippen LogP contribution in [0.5, 0.6) is 5.75 Å². The molecule has 0 amide bonds. The van der Waals surface area contributed by atoms with Crippen LogP contribution in [0.15, 0.2) is 18.2 Å². The minimum Gasteiger partial charge on any atom is -0.496 e. The van der Waals surface area contributed by atoms with E-state index in [4.69, 9.17) is 22.1 Å². The lowest BCUT2D eigenvalue weighted by Gasteiger charge is -2.15. The number of ether oxygens (including phenoxy) is 1. The average Bonchev–Trinajstić information content (AvgIpc) is 2.74. The Morgan fingerprint density at radius 3 is 2.56 bits per heavy atom. The van der Waals surface area contributed by atoms with Gasteiger partial charge in [-0.25, -0.2) is 0 Å². The van der Waals surface area contributed by atoms with Gasteiger partial charge in [0.05, 0.1) is 12.8 Å². The zero-order chi connectivity index (χ0) is 13.3. The van der Waals surface area contributed by atoms with Crippen molar-refractivity contribution in [1.29, 1.82) is 0 Å². The van der Waals surface area contributed by atoms with Crippen molar-refractivity contribution in [3.63, 3.8) is 0 Å². The molecule has 0 fully saturated rings. The van der Waals surface area contributed by atoms with Crippen molar-refractivity contribution in [2.45, 2.75) is 19.8 Å². The first-order valence-corrected chi connectivity index (χ1v) is 6.09. The first-order chi connectivity index (χ1) is 8.52. The van der Waals surface area contributed by atoms with Gasteiger partial charge >= 0.3 is 0 Å². The van der Waals surface area contributed by atoms with Gasteiger partial charge in [0.1, 0.15) is 11.6 Å². The van der Waals surface area contributed by atoms with E-state index in [1.807, 2.05) is 12.1 Å². The van der Waals surface area contributed by atoms with Crippen LogP contribution in [0.3, 0.4) is 0 Å². The van der Waals surface area contributed by atoms with Gasteiger partial charge in [0.15, 0.2) is 0 Å². The summed E-state index contributed by atoms with van der Waals surface area (Å²) >= 11 is 6.32. The van der Waals surface area contributed by atoms with Gasteiger partial charge in [0.25, 0.3) is 0 Å². The molecule has 5 heteroatoms.